The molecular weight excluding hydrogens is 258 g/mol. The highest BCUT2D eigenvalue weighted by Crippen LogP contribution is 2.36. The fraction of sp³-hybridized carbons (Fsp3) is 0.778. The first-order valence-electron chi connectivity index (χ1n) is 5.11. The molecule has 0 amide bonds. The maximum atomic E-state index is 8.04. The van der Waals surface area contributed by atoms with Crippen LogP contribution in [0.5, 0.6) is 0 Å². The lowest BCUT2D eigenvalue weighted by molar-refractivity contribution is 0.0371. The molecule has 2 unspecified atom stereocenters. The molecule has 6 nitrogen and oxygen atoms in total. The first kappa shape index (κ1) is 16.5. The molecule has 96 valence electrons. The molecule has 2 atom stereocenters. The van der Waals surface area contributed by atoms with Crippen LogP contribution in [0, 0.1) is 0 Å². The van der Waals surface area contributed by atoms with E-state index in [0.717, 1.165) is 0 Å². The molecule has 0 rings (SSSR count). The van der Waals surface area contributed by atoms with Gasteiger partial charge in [0, 0.05) is 11.5 Å². The highest BCUT2D eigenvalue weighted by atomic mass is 31.2. The van der Waals surface area contributed by atoms with Crippen molar-refractivity contribution in [3.05, 3.63) is 10.4 Å². The predicted octanol–water partition coefficient (Wildman–Crippen LogP) is 2.51. The average Bonchev–Trinajstić information content (AvgIpc) is 2.26. The van der Waals surface area contributed by atoms with Crippen molar-refractivity contribution in [2.75, 3.05) is 46.4 Å². The fourth-order valence-electron chi connectivity index (χ4n) is 0.974. The summed E-state index contributed by atoms with van der Waals surface area (Å²) in [6, 6.07) is 0. The number of azide groups is 1. The van der Waals surface area contributed by atoms with E-state index in [1.165, 1.54) is 0 Å². The summed E-state index contributed by atoms with van der Waals surface area (Å²) < 4.78 is 12.9. The second-order valence-electron chi connectivity index (χ2n) is 3.29. The van der Waals surface area contributed by atoms with E-state index in [1.54, 1.807) is 0 Å². The Bertz CT molecular complexity index is 291. The maximum Gasteiger partial charge on any atom is 0.221 e. The summed E-state index contributed by atoms with van der Waals surface area (Å²) in [7, 11) is -0.814. The lowest BCUT2D eigenvalue weighted by Gasteiger charge is -2.06. The van der Waals surface area contributed by atoms with Crippen molar-refractivity contribution in [1.82, 2.24) is 4.44 Å². The molecule has 0 fully saturated rings. The van der Waals surface area contributed by atoms with Crippen LogP contribution < -0.4 is 0 Å². The van der Waals surface area contributed by atoms with E-state index < -0.39 is 15.4 Å². The van der Waals surface area contributed by atoms with Gasteiger partial charge in [-0.2, -0.15) is 0 Å². The standard InChI is InChI=1S/C9H20N4O2P2/c1-16(2)13(17(3)4)9-15-8-7-14-6-5-11-12-10/h1,3,5-9H2,2,4H3/q+2. The summed E-state index contributed by atoms with van der Waals surface area (Å²) in [6.07, 6.45) is 8.04. The summed E-state index contributed by atoms with van der Waals surface area (Å²) in [6.45, 7) is 6.55. The number of ether oxygens (including phenoxy) is 2. The smallest absolute Gasteiger partial charge is 0.221 e. The Balaban J connectivity index is 3.52. The molecule has 8 heteroatoms. The SMILES string of the molecule is C=[P+](C)N(COCCOCCN=[N+]=[N-])[P+](=C)C. The van der Waals surface area contributed by atoms with Crippen molar-refractivity contribution >= 4 is 28.0 Å². The minimum Gasteiger partial charge on any atom is -0.379 e. The Labute approximate surface area is 104 Å². The van der Waals surface area contributed by atoms with Gasteiger partial charge in [-0.25, -0.2) is 0 Å². The normalized spacial score (nSPS) is 12.2. The third kappa shape index (κ3) is 9.25. The lowest BCUT2D eigenvalue weighted by Crippen LogP contribution is -2.15. The molecule has 0 aliphatic rings. The van der Waals surface area contributed by atoms with E-state index in [9.17, 15) is 0 Å². The van der Waals surface area contributed by atoms with E-state index >= 15 is 0 Å². The first-order valence-corrected chi connectivity index (χ1v) is 8.97. The van der Waals surface area contributed by atoms with Gasteiger partial charge < -0.3 is 9.47 Å². The Hall–Kier alpha value is -0.470. The zero-order valence-corrected chi connectivity index (χ0v) is 12.2. The molecule has 0 saturated carbocycles. The Morgan fingerprint density at radius 2 is 1.76 bits per heavy atom. The van der Waals surface area contributed by atoms with Crippen LogP contribution in [0.1, 0.15) is 0 Å². The summed E-state index contributed by atoms with van der Waals surface area (Å²) >= 11 is 0. The van der Waals surface area contributed by atoms with E-state index in [1.807, 2.05) is 0 Å². The first-order chi connectivity index (χ1) is 8.09. The summed E-state index contributed by atoms with van der Waals surface area (Å²) in [5, 5.41) is 3.36. The Morgan fingerprint density at radius 1 is 1.18 bits per heavy atom. The van der Waals surface area contributed by atoms with Crippen LogP contribution in [0.4, 0.5) is 0 Å². The highest BCUT2D eigenvalue weighted by molar-refractivity contribution is 7.67. The summed E-state index contributed by atoms with van der Waals surface area (Å²) in [4.78, 5) is 2.63. The van der Waals surface area contributed by atoms with Crippen molar-refractivity contribution in [3.8, 4) is 0 Å². The van der Waals surface area contributed by atoms with Crippen LogP contribution in [0.15, 0.2) is 5.11 Å². The van der Waals surface area contributed by atoms with Gasteiger partial charge in [-0.3, -0.25) is 0 Å². The molecule has 0 aromatic carbocycles. The van der Waals surface area contributed by atoms with Gasteiger partial charge in [0.15, 0.2) is 6.73 Å². The maximum absolute atomic E-state index is 8.04. The molecule has 0 bridgehead atoms. The molecule has 0 aliphatic carbocycles. The molecule has 0 saturated heterocycles. The molecule has 0 aromatic rings. The van der Waals surface area contributed by atoms with E-state index in [0.29, 0.717) is 33.1 Å². The monoisotopic (exact) mass is 278 g/mol. The predicted molar refractivity (Wildman–Crippen MR) is 77.4 cm³/mol. The summed E-state index contributed by atoms with van der Waals surface area (Å²) in [5.74, 6) is 0. The van der Waals surface area contributed by atoms with Crippen LogP contribution in [-0.4, -0.2) is 63.5 Å². The lowest BCUT2D eigenvalue weighted by atomic mass is 10.7. The van der Waals surface area contributed by atoms with Gasteiger partial charge in [0.25, 0.3) is 0 Å². The number of rotatable bonds is 10. The molecular formula is C9H20N4O2P2+2. The van der Waals surface area contributed by atoms with Crippen molar-refractivity contribution in [3.63, 3.8) is 0 Å². The molecule has 0 radical (unpaired) electrons. The second-order valence-corrected chi connectivity index (χ2v) is 7.20. The molecule has 0 N–H and O–H groups in total. The van der Waals surface area contributed by atoms with Crippen molar-refractivity contribution < 1.29 is 9.47 Å². The van der Waals surface area contributed by atoms with Crippen molar-refractivity contribution in [2.45, 2.75) is 0 Å². The van der Waals surface area contributed by atoms with Gasteiger partial charge in [-0.1, -0.05) is 5.11 Å². The number of nitrogens with zero attached hydrogens (tertiary/aromatic N) is 4. The average molecular weight is 278 g/mol. The highest BCUT2D eigenvalue weighted by Gasteiger charge is 2.24. The zero-order chi connectivity index (χ0) is 13.1. The summed E-state index contributed by atoms with van der Waals surface area (Å²) in [5.41, 5.74) is 8.04. The van der Waals surface area contributed by atoms with Crippen molar-refractivity contribution in [1.29, 1.82) is 0 Å². The third-order valence-corrected chi connectivity index (χ3v) is 5.41. The van der Waals surface area contributed by atoms with Crippen LogP contribution in [0.3, 0.4) is 0 Å². The number of hydrogen-bond donors (Lipinski definition) is 0. The second kappa shape index (κ2) is 10.7. The van der Waals surface area contributed by atoms with Crippen LogP contribution >= 0.6 is 15.4 Å². The molecule has 0 spiro atoms. The van der Waals surface area contributed by atoms with Gasteiger partial charge in [-0.15, -0.1) is 0 Å². The molecule has 0 heterocycles. The van der Waals surface area contributed by atoms with E-state index in [-0.39, 0.29) is 0 Å². The fourth-order valence-corrected chi connectivity index (χ4v) is 3.62. The van der Waals surface area contributed by atoms with Crippen LogP contribution in [0.25, 0.3) is 10.4 Å². The van der Waals surface area contributed by atoms with Gasteiger partial charge in [0.05, 0.1) is 36.9 Å². The van der Waals surface area contributed by atoms with Gasteiger partial charge in [0.2, 0.25) is 15.4 Å². The van der Waals surface area contributed by atoms with Crippen molar-refractivity contribution in [2.24, 2.45) is 5.11 Å². The zero-order valence-electron chi connectivity index (χ0n) is 10.4. The van der Waals surface area contributed by atoms with E-state index in [4.69, 9.17) is 15.0 Å². The molecule has 0 aromatic heterocycles. The Morgan fingerprint density at radius 3 is 2.29 bits per heavy atom. The van der Waals surface area contributed by atoms with Gasteiger partial charge >= 0.3 is 0 Å². The minimum atomic E-state index is -0.407. The van der Waals surface area contributed by atoms with Gasteiger partial charge in [0.1, 0.15) is 13.3 Å². The topological polar surface area (TPSA) is 70.5 Å². The quantitative estimate of drug-likeness (QED) is 0.154. The van der Waals surface area contributed by atoms with Crippen LogP contribution in [0.2, 0.25) is 0 Å². The Kier molecular flexibility index (Phi) is 10.4. The van der Waals surface area contributed by atoms with E-state index in [2.05, 4.69) is 40.4 Å². The minimum absolute atomic E-state index is 0.362. The van der Waals surface area contributed by atoms with Crippen LogP contribution in [-0.2, 0) is 9.47 Å². The van der Waals surface area contributed by atoms with Gasteiger partial charge in [-0.05, 0) is 5.53 Å². The largest absolute Gasteiger partial charge is 0.379 e. The molecule has 17 heavy (non-hydrogen) atoms. The molecule has 0 aliphatic heterocycles. The third-order valence-electron chi connectivity index (χ3n) is 1.77. The number of hydrogen-bond acceptors (Lipinski definition) is 4.